The summed E-state index contributed by atoms with van der Waals surface area (Å²) in [6, 6.07) is 10.3. The van der Waals surface area contributed by atoms with Crippen molar-refractivity contribution in [2.75, 3.05) is 29.9 Å². The van der Waals surface area contributed by atoms with Crippen molar-refractivity contribution in [1.29, 1.82) is 0 Å². The van der Waals surface area contributed by atoms with Crippen molar-refractivity contribution in [3.8, 4) is 0 Å². The number of nitrogens with one attached hydrogen (secondary N) is 1. The van der Waals surface area contributed by atoms with Crippen LogP contribution in [0.15, 0.2) is 36.4 Å². The Morgan fingerprint density at radius 1 is 1.04 bits per heavy atom. The maximum Gasteiger partial charge on any atom is 0.262 e. The number of fused-ring (bicyclic) bond motifs is 1. The Morgan fingerprint density at radius 2 is 1.67 bits per heavy atom. The van der Waals surface area contributed by atoms with Crippen LogP contribution in [0.5, 0.6) is 0 Å². The van der Waals surface area contributed by atoms with Gasteiger partial charge < -0.3 is 10.2 Å². The van der Waals surface area contributed by atoms with Gasteiger partial charge in [0.25, 0.3) is 11.8 Å². The summed E-state index contributed by atoms with van der Waals surface area (Å²) >= 11 is 0. The molecule has 1 aromatic heterocycles. The van der Waals surface area contributed by atoms with E-state index in [4.69, 9.17) is 0 Å². The standard InChI is InChI=1S/C20H20N4O3/c1-13-16(8-9-17(21-13)23-10-4-5-11-23)22-18(25)12-24-19(26)14-6-2-3-7-15(14)20(24)27/h2-3,6-9H,4-5,10-12H2,1H3,(H,22,25). The van der Waals surface area contributed by atoms with Gasteiger partial charge in [0.15, 0.2) is 0 Å². The summed E-state index contributed by atoms with van der Waals surface area (Å²) in [5.41, 5.74) is 1.96. The first-order valence-electron chi connectivity index (χ1n) is 9.02. The molecule has 0 aliphatic carbocycles. The van der Waals surface area contributed by atoms with Crippen LogP contribution in [0.3, 0.4) is 0 Å². The molecule has 0 saturated carbocycles. The van der Waals surface area contributed by atoms with E-state index in [1.54, 1.807) is 24.3 Å². The molecule has 0 unspecified atom stereocenters. The van der Waals surface area contributed by atoms with Crippen LogP contribution in [0, 0.1) is 6.92 Å². The Labute approximate surface area is 157 Å². The van der Waals surface area contributed by atoms with Gasteiger partial charge in [-0.3, -0.25) is 19.3 Å². The molecular formula is C20H20N4O3. The van der Waals surface area contributed by atoms with E-state index in [0.717, 1.165) is 23.8 Å². The van der Waals surface area contributed by atoms with E-state index >= 15 is 0 Å². The number of imide groups is 1. The van der Waals surface area contributed by atoms with E-state index in [1.165, 1.54) is 12.8 Å². The van der Waals surface area contributed by atoms with Gasteiger partial charge in [-0.15, -0.1) is 0 Å². The fourth-order valence-corrected chi connectivity index (χ4v) is 3.52. The normalized spacial score (nSPS) is 16.0. The molecule has 2 aromatic rings. The number of aromatic nitrogens is 1. The molecule has 1 N–H and O–H groups in total. The lowest BCUT2D eigenvalue weighted by Crippen LogP contribution is -2.37. The Bertz CT molecular complexity index is 900. The molecule has 3 amide bonds. The molecule has 1 saturated heterocycles. The number of hydrogen-bond donors (Lipinski definition) is 1. The maximum absolute atomic E-state index is 12.4. The molecule has 2 aliphatic rings. The van der Waals surface area contributed by atoms with E-state index in [2.05, 4.69) is 15.2 Å². The summed E-state index contributed by atoms with van der Waals surface area (Å²) in [4.78, 5) is 44.9. The molecule has 0 radical (unpaired) electrons. The summed E-state index contributed by atoms with van der Waals surface area (Å²) in [7, 11) is 0. The first-order chi connectivity index (χ1) is 13.0. The molecule has 7 nitrogen and oxygen atoms in total. The summed E-state index contributed by atoms with van der Waals surface area (Å²) in [6.07, 6.45) is 2.33. The van der Waals surface area contributed by atoms with Crippen LogP contribution in [-0.4, -0.2) is 47.2 Å². The smallest absolute Gasteiger partial charge is 0.262 e. The third-order valence-electron chi connectivity index (χ3n) is 4.96. The quantitative estimate of drug-likeness (QED) is 0.841. The van der Waals surface area contributed by atoms with E-state index < -0.39 is 17.7 Å². The highest BCUT2D eigenvalue weighted by molar-refractivity contribution is 6.22. The number of carbonyl (C=O) groups excluding carboxylic acids is 3. The Hall–Kier alpha value is -3.22. The predicted octanol–water partition coefficient (Wildman–Crippen LogP) is 2.22. The van der Waals surface area contributed by atoms with Crippen LogP contribution in [-0.2, 0) is 4.79 Å². The molecule has 3 heterocycles. The highest BCUT2D eigenvalue weighted by Gasteiger charge is 2.36. The lowest BCUT2D eigenvalue weighted by Gasteiger charge is -2.18. The number of carbonyl (C=O) groups is 3. The molecule has 1 aromatic carbocycles. The van der Waals surface area contributed by atoms with Crippen molar-refractivity contribution in [3.05, 3.63) is 53.2 Å². The minimum absolute atomic E-state index is 0.320. The van der Waals surface area contributed by atoms with Gasteiger partial charge in [0, 0.05) is 13.1 Å². The number of hydrogen-bond acceptors (Lipinski definition) is 5. The molecule has 0 bridgehead atoms. The molecule has 138 valence electrons. The minimum Gasteiger partial charge on any atom is -0.357 e. The van der Waals surface area contributed by atoms with Crippen LogP contribution in [0.1, 0.15) is 39.3 Å². The zero-order chi connectivity index (χ0) is 19.0. The van der Waals surface area contributed by atoms with Gasteiger partial charge in [0.2, 0.25) is 5.91 Å². The van der Waals surface area contributed by atoms with Crippen molar-refractivity contribution in [2.24, 2.45) is 0 Å². The number of pyridine rings is 1. The van der Waals surface area contributed by atoms with Gasteiger partial charge in [-0.2, -0.15) is 0 Å². The van der Waals surface area contributed by atoms with Gasteiger partial charge >= 0.3 is 0 Å². The van der Waals surface area contributed by atoms with E-state index in [9.17, 15) is 14.4 Å². The third kappa shape index (κ3) is 3.16. The number of anilines is 2. The van der Waals surface area contributed by atoms with Crippen molar-refractivity contribution in [2.45, 2.75) is 19.8 Å². The second-order valence-corrected chi connectivity index (χ2v) is 6.79. The number of aryl methyl sites for hydroxylation is 1. The topological polar surface area (TPSA) is 82.6 Å². The first-order valence-corrected chi connectivity index (χ1v) is 9.02. The fraction of sp³-hybridized carbons (Fsp3) is 0.300. The molecule has 27 heavy (non-hydrogen) atoms. The molecule has 1 fully saturated rings. The zero-order valence-corrected chi connectivity index (χ0v) is 15.1. The highest BCUT2D eigenvalue weighted by atomic mass is 16.2. The minimum atomic E-state index is -0.440. The predicted molar refractivity (Wildman–Crippen MR) is 101 cm³/mol. The Balaban J connectivity index is 1.44. The van der Waals surface area contributed by atoms with Crippen LogP contribution in [0.2, 0.25) is 0 Å². The van der Waals surface area contributed by atoms with Crippen LogP contribution in [0.4, 0.5) is 11.5 Å². The summed E-state index contributed by atoms with van der Waals surface area (Å²) in [6.45, 7) is 3.51. The van der Waals surface area contributed by atoms with Crippen molar-refractivity contribution >= 4 is 29.2 Å². The van der Waals surface area contributed by atoms with Crippen LogP contribution < -0.4 is 10.2 Å². The molecule has 4 rings (SSSR count). The van der Waals surface area contributed by atoms with Crippen molar-refractivity contribution in [3.63, 3.8) is 0 Å². The molecule has 0 atom stereocenters. The van der Waals surface area contributed by atoms with Crippen molar-refractivity contribution < 1.29 is 14.4 Å². The largest absolute Gasteiger partial charge is 0.357 e. The van der Waals surface area contributed by atoms with E-state index in [0.29, 0.717) is 22.5 Å². The fourth-order valence-electron chi connectivity index (χ4n) is 3.52. The lowest BCUT2D eigenvalue weighted by atomic mass is 10.1. The number of benzene rings is 1. The summed E-state index contributed by atoms with van der Waals surface area (Å²) < 4.78 is 0. The number of rotatable bonds is 4. The monoisotopic (exact) mass is 364 g/mol. The zero-order valence-electron chi connectivity index (χ0n) is 15.1. The van der Waals surface area contributed by atoms with E-state index in [-0.39, 0.29) is 6.54 Å². The lowest BCUT2D eigenvalue weighted by molar-refractivity contribution is -0.116. The van der Waals surface area contributed by atoms with Crippen LogP contribution in [0.25, 0.3) is 0 Å². The maximum atomic E-state index is 12.4. The molecule has 2 aliphatic heterocycles. The average molecular weight is 364 g/mol. The van der Waals surface area contributed by atoms with Crippen LogP contribution >= 0.6 is 0 Å². The Morgan fingerprint density at radius 3 is 2.26 bits per heavy atom. The number of amides is 3. The summed E-state index contributed by atoms with van der Waals surface area (Å²) in [5, 5.41) is 2.76. The van der Waals surface area contributed by atoms with Gasteiger partial charge in [-0.25, -0.2) is 4.98 Å². The van der Waals surface area contributed by atoms with Gasteiger partial charge in [0.1, 0.15) is 12.4 Å². The average Bonchev–Trinajstić information content (AvgIpc) is 3.28. The third-order valence-corrected chi connectivity index (χ3v) is 4.96. The summed E-state index contributed by atoms with van der Waals surface area (Å²) in [5.74, 6) is -0.401. The molecule has 7 heteroatoms. The van der Waals surface area contributed by atoms with Gasteiger partial charge in [0.05, 0.1) is 22.5 Å². The molecule has 0 spiro atoms. The van der Waals surface area contributed by atoms with Gasteiger partial charge in [-0.1, -0.05) is 12.1 Å². The Kier molecular flexibility index (Phi) is 4.35. The second kappa shape index (κ2) is 6.83. The molecular weight excluding hydrogens is 344 g/mol. The van der Waals surface area contributed by atoms with Crippen molar-refractivity contribution in [1.82, 2.24) is 9.88 Å². The number of nitrogens with zero attached hydrogens (tertiary/aromatic N) is 3. The SMILES string of the molecule is Cc1nc(N2CCCC2)ccc1NC(=O)CN1C(=O)c2ccccc2C1=O. The van der Waals surface area contributed by atoms with Gasteiger partial charge in [-0.05, 0) is 44.0 Å². The van der Waals surface area contributed by atoms with E-state index in [1.807, 2.05) is 19.1 Å². The highest BCUT2D eigenvalue weighted by Crippen LogP contribution is 2.24. The second-order valence-electron chi connectivity index (χ2n) is 6.79. The first kappa shape index (κ1) is 17.2.